The molecule has 1 rings (SSSR count). The second-order valence-electron chi connectivity index (χ2n) is 5.23. The van der Waals surface area contributed by atoms with Crippen LogP contribution >= 0.6 is 0 Å². The molecular formula is C11H23NO. The van der Waals surface area contributed by atoms with Crippen LogP contribution in [0.5, 0.6) is 0 Å². The lowest BCUT2D eigenvalue weighted by molar-refractivity contribution is -0.174. The summed E-state index contributed by atoms with van der Waals surface area (Å²) in [6.07, 6.45) is 2.55. The lowest BCUT2D eigenvalue weighted by Gasteiger charge is -2.51. The molecule has 13 heavy (non-hydrogen) atoms. The molecule has 1 aliphatic rings. The van der Waals surface area contributed by atoms with Gasteiger partial charge in [-0.25, -0.2) is 0 Å². The van der Waals surface area contributed by atoms with E-state index in [1.165, 1.54) is 12.8 Å². The van der Waals surface area contributed by atoms with Crippen LogP contribution in [0.4, 0.5) is 0 Å². The first-order chi connectivity index (χ1) is 6.02. The summed E-state index contributed by atoms with van der Waals surface area (Å²) < 4.78 is 5.38. The Morgan fingerprint density at radius 1 is 1.31 bits per heavy atom. The van der Waals surface area contributed by atoms with Crippen LogP contribution in [-0.2, 0) is 4.74 Å². The van der Waals surface area contributed by atoms with Crippen molar-refractivity contribution in [2.45, 2.75) is 33.6 Å². The molecule has 1 fully saturated rings. The fourth-order valence-electron chi connectivity index (χ4n) is 1.90. The second-order valence-corrected chi connectivity index (χ2v) is 5.23. The molecule has 0 atom stereocenters. The Morgan fingerprint density at radius 2 is 1.92 bits per heavy atom. The fraction of sp³-hybridized carbons (Fsp3) is 1.00. The SMILES string of the molecule is CNCCCC1(C(C)(C)C)COC1. The van der Waals surface area contributed by atoms with Crippen LogP contribution in [0.15, 0.2) is 0 Å². The third-order valence-corrected chi connectivity index (χ3v) is 3.43. The van der Waals surface area contributed by atoms with Gasteiger partial charge in [-0.3, -0.25) is 0 Å². The van der Waals surface area contributed by atoms with Gasteiger partial charge in [0.2, 0.25) is 0 Å². The van der Waals surface area contributed by atoms with Crippen LogP contribution in [0.3, 0.4) is 0 Å². The van der Waals surface area contributed by atoms with Crippen LogP contribution in [0.1, 0.15) is 33.6 Å². The van der Waals surface area contributed by atoms with Crippen LogP contribution in [0, 0.1) is 10.8 Å². The summed E-state index contributed by atoms with van der Waals surface area (Å²) in [4.78, 5) is 0. The van der Waals surface area contributed by atoms with Gasteiger partial charge in [-0.2, -0.15) is 0 Å². The van der Waals surface area contributed by atoms with Crippen molar-refractivity contribution in [3.63, 3.8) is 0 Å². The van der Waals surface area contributed by atoms with Crippen molar-refractivity contribution < 1.29 is 4.74 Å². The molecule has 2 heteroatoms. The molecule has 1 aliphatic heterocycles. The first-order valence-electron chi connectivity index (χ1n) is 5.24. The van der Waals surface area contributed by atoms with Gasteiger partial charge in [-0.1, -0.05) is 20.8 Å². The van der Waals surface area contributed by atoms with Crippen molar-refractivity contribution in [2.75, 3.05) is 26.8 Å². The maximum absolute atomic E-state index is 5.38. The van der Waals surface area contributed by atoms with Crippen LogP contribution in [-0.4, -0.2) is 26.8 Å². The quantitative estimate of drug-likeness (QED) is 0.677. The van der Waals surface area contributed by atoms with Crippen molar-refractivity contribution in [2.24, 2.45) is 10.8 Å². The molecule has 0 amide bonds. The fourth-order valence-corrected chi connectivity index (χ4v) is 1.90. The van der Waals surface area contributed by atoms with Gasteiger partial charge in [-0.15, -0.1) is 0 Å². The van der Waals surface area contributed by atoms with Crippen molar-refractivity contribution in [3.8, 4) is 0 Å². The summed E-state index contributed by atoms with van der Waals surface area (Å²) in [6.45, 7) is 10.0. The molecule has 0 unspecified atom stereocenters. The molecule has 0 aromatic carbocycles. The van der Waals surface area contributed by atoms with Gasteiger partial charge < -0.3 is 10.1 Å². The standard InChI is InChI=1S/C11H23NO/c1-10(2,3)11(8-13-9-11)6-5-7-12-4/h12H,5-9H2,1-4H3. The van der Waals surface area contributed by atoms with Crippen molar-refractivity contribution >= 4 is 0 Å². The van der Waals surface area contributed by atoms with Gasteiger partial charge in [0.1, 0.15) is 0 Å². The van der Waals surface area contributed by atoms with Gasteiger partial charge >= 0.3 is 0 Å². The van der Waals surface area contributed by atoms with E-state index in [0.717, 1.165) is 19.8 Å². The highest BCUT2D eigenvalue weighted by Gasteiger charge is 2.47. The van der Waals surface area contributed by atoms with E-state index < -0.39 is 0 Å². The Morgan fingerprint density at radius 3 is 2.23 bits per heavy atom. The first kappa shape index (κ1) is 11.0. The summed E-state index contributed by atoms with van der Waals surface area (Å²) >= 11 is 0. The van der Waals surface area contributed by atoms with E-state index in [0.29, 0.717) is 10.8 Å². The number of hydrogen-bond donors (Lipinski definition) is 1. The van der Waals surface area contributed by atoms with Crippen molar-refractivity contribution in [1.29, 1.82) is 0 Å². The molecule has 0 radical (unpaired) electrons. The Balaban J connectivity index is 2.41. The lowest BCUT2D eigenvalue weighted by atomic mass is 9.63. The van der Waals surface area contributed by atoms with E-state index in [1.54, 1.807) is 0 Å². The molecule has 0 aliphatic carbocycles. The molecule has 2 nitrogen and oxygen atoms in total. The summed E-state index contributed by atoms with van der Waals surface area (Å²) in [7, 11) is 2.01. The molecule has 0 bridgehead atoms. The smallest absolute Gasteiger partial charge is 0.0549 e. The Hall–Kier alpha value is -0.0800. The van der Waals surface area contributed by atoms with E-state index in [9.17, 15) is 0 Å². The van der Waals surface area contributed by atoms with Gasteiger partial charge in [0, 0.05) is 5.41 Å². The summed E-state index contributed by atoms with van der Waals surface area (Å²) in [5.74, 6) is 0. The second kappa shape index (κ2) is 3.97. The maximum Gasteiger partial charge on any atom is 0.0549 e. The van der Waals surface area contributed by atoms with Crippen LogP contribution in [0.2, 0.25) is 0 Å². The van der Waals surface area contributed by atoms with Crippen molar-refractivity contribution in [3.05, 3.63) is 0 Å². The number of hydrogen-bond acceptors (Lipinski definition) is 2. The monoisotopic (exact) mass is 185 g/mol. The summed E-state index contributed by atoms with van der Waals surface area (Å²) in [5, 5.41) is 3.20. The summed E-state index contributed by atoms with van der Waals surface area (Å²) in [6, 6.07) is 0. The van der Waals surface area contributed by atoms with Gasteiger partial charge in [-0.05, 0) is 31.8 Å². The van der Waals surface area contributed by atoms with Crippen molar-refractivity contribution in [1.82, 2.24) is 5.32 Å². The minimum atomic E-state index is 0.388. The van der Waals surface area contributed by atoms with E-state index in [-0.39, 0.29) is 0 Å². The van der Waals surface area contributed by atoms with Gasteiger partial charge in [0.25, 0.3) is 0 Å². The molecule has 0 aromatic rings. The zero-order valence-electron chi connectivity index (χ0n) is 9.44. The Bertz CT molecular complexity index is 156. The first-order valence-corrected chi connectivity index (χ1v) is 5.24. The van der Waals surface area contributed by atoms with Crippen LogP contribution < -0.4 is 5.32 Å². The molecule has 0 aromatic heterocycles. The Kier molecular flexibility index (Phi) is 3.36. The highest BCUT2D eigenvalue weighted by atomic mass is 16.5. The highest BCUT2D eigenvalue weighted by Crippen LogP contribution is 2.47. The third kappa shape index (κ3) is 2.23. The summed E-state index contributed by atoms with van der Waals surface area (Å²) in [5.41, 5.74) is 0.836. The van der Waals surface area contributed by atoms with E-state index in [2.05, 4.69) is 26.1 Å². The van der Waals surface area contributed by atoms with Gasteiger partial charge in [0.15, 0.2) is 0 Å². The maximum atomic E-state index is 5.38. The zero-order valence-corrected chi connectivity index (χ0v) is 9.44. The molecule has 1 saturated heterocycles. The molecule has 0 saturated carbocycles. The third-order valence-electron chi connectivity index (χ3n) is 3.43. The topological polar surface area (TPSA) is 21.3 Å². The van der Waals surface area contributed by atoms with E-state index >= 15 is 0 Å². The van der Waals surface area contributed by atoms with Crippen LogP contribution in [0.25, 0.3) is 0 Å². The molecule has 1 heterocycles. The normalized spacial score (nSPS) is 21.2. The van der Waals surface area contributed by atoms with E-state index in [1.807, 2.05) is 7.05 Å². The molecule has 78 valence electrons. The highest BCUT2D eigenvalue weighted by molar-refractivity contribution is 4.95. The van der Waals surface area contributed by atoms with Gasteiger partial charge in [0.05, 0.1) is 13.2 Å². The zero-order chi connectivity index (χ0) is 9.95. The lowest BCUT2D eigenvalue weighted by Crippen LogP contribution is -2.52. The molecular weight excluding hydrogens is 162 g/mol. The van der Waals surface area contributed by atoms with E-state index in [4.69, 9.17) is 4.74 Å². The number of rotatable bonds is 4. The minimum absolute atomic E-state index is 0.388. The minimum Gasteiger partial charge on any atom is -0.380 e. The molecule has 1 N–H and O–H groups in total. The predicted octanol–water partition coefficient (Wildman–Crippen LogP) is 2.05. The number of ether oxygens (including phenoxy) is 1. The average molecular weight is 185 g/mol. The number of nitrogens with one attached hydrogen (secondary N) is 1. The largest absolute Gasteiger partial charge is 0.380 e. The predicted molar refractivity (Wildman–Crippen MR) is 55.9 cm³/mol. The molecule has 0 spiro atoms. The Labute approximate surface area is 82.0 Å². The average Bonchev–Trinajstić information content (AvgIpc) is 1.91.